The van der Waals surface area contributed by atoms with E-state index in [4.69, 9.17) is 16.6 Å². The highest BCUT2D eigenvalue weighted by molar-refractivity contribution is 6.30. The molecule has 3 nitrogen and oxygen atoms in total. The summed E-state index contributed by atoms with van der Waals surface area (Å²) < 4.78 is 0. The smallest absolute Gasteiger partial charge is 0.0950 e. The van der Waals surface area contributed by atoms with Gasteiger partial charge in [-0.2, -0.15) is 0 Å². The van der Waals surface area contributed by atoms with Crippen molar-refractivity contribution in [1.29, 1.82) is 0 Å². The lowest BCUT2D eigenvalue weighted by molar-refractivity contribution is 0.115. The average Bonchev–Trinajstić information content (AvgIpc) is 2.68. The van der Waals surface area contributed by atoms with Gasteiger partial charge in [0.1, 0.15) is 0 Å². The van der Waals surface area contributed by atoms with E-state index in [2.05, 4.69) is 5.32 Å². The Morgan fingerprint density at radius 1 is 1.04 bits per heavy atom. The molecule has 0 spiro atoms. The first-order valence-electron chi connectivity index (χ1n) is 8.79. The lowest BCUT2D eigenvalue weighted by Gasteiger charge is -2.29. The summed E-state index contributed by atoms with van der Waals surface area (Å²) in [5.74, 6) is 0. The zero-order valence-corrected chi connectivity index (χ0v) is 17.2. The highest BCUT2D eigenvalue weighted by Gasteiger charge is 2.25. The van der Waals surface area contributed by atoms with Crippen LogP contribution < -0.4 is 5.32 Å². The van der Waals surface area contributed by atoms with Gasteiger partial charge in [-0.1, -0.05) is 48.4 Å². The van der Waals surface area contributed by atoms with Gasteiger partial charge in [-0.3, -0.25) is 0 Å². The molecule has 1 aliphatic heterocycles. The molecule has 27 heavy (non-hydrogen) atoms. The minimum Gasteiger partial charge on any atom is -0.387 e. The molecule has 2 N–H and O–H groups in total. The number of para-hydroxylation sites is 1. The highest BCUT2D eigenvalue weighted by Crippen LogP contribution is 2.32. The maximum Gasteiger partial charge on any atom is 0.0950 e. The number of nitrogens with zero attached hydrogens (tertiary/aromatic N) is 1. The molecule has 3 aromatic rings. The zero-order valence-electron chi connectivity index (χ0n) is 14.8. The molecule has 1 fully saturated rings. The highest BCUT2D eigenvalue weighted by atomic mass is 35.5. The number of aromatic nitrogens is 1. The number of piperidine rings is 1. The van der Waals surface area contributed by atoms with Crippen molar-refractivity contribution in [3.63, 3.8) is 0 Å². The monoisotopic (exact) mass is 424 g/mol. The topological polar surface area (TPSA) is 45.2 Å². The summed E-state index contributed by atoms with van der Waals surface area (Å²) in [6.07, 6.45) is 2.78. The number of aliphatic hydroxyl groups excluding tert-OH is 1. The van der Waals surface area contributed by atoms with E-state index in [1.54, 1.807) is 0 Å². The van der Waals surface area contributed by atoms with Crippen LogP contribution >= 0.6 is 36.4 Å². The van der Waals surface area contributed by atoms with Crippen LogP contribution in [0.15, 0.2) is 54.6 Å². The second-order valence-electron chi connectivity index (χ2n) is 6.62. The first kappa shape index (κ1) is 21.9. The fourth-order valence-corrected chi connectivity index (χ4v) is 3.71. The van der Waals surface area contributed by atoms with Crippen molar-refractivity contribution in [2.45, 2.75) is 31.4 Å². The van der Waals surface area contributed by atoms with Gasteiger partial charge in [-0.25, -0.2) is 4.98 Å². The average molecular weight is 426 g/mol. The summed E-state index contributed by atoms with van der Waals surface area (Å²) in [4.78, 5) is 4.79. The molecular formula is C21H23Cl3N2O. The minimum absolute atomic E-state index is 0. The van der Waals surface area contributed by atoms with Crippen LogP contribution in [0, 0.1) is 0 Å². The van der Waals surface area contributed by atoms with Crippen molar-refractivity contribution >= 4 is 47.3 Å². The molecule has 0 amide bonds. The van der Waals surface area contributed by atoms with Crippen LogP contribution in [-0.4, -0.2) is 22.7 Å². The predicted molar refractivity (Wildman–Crippen MR) is 117 cm³/mol. The van der Waals surface area contributed by atoms with Crippen LogP contribution in [0.4, 0.5) is 0 Å². The van der Waals surface area contributed by atoms with Gasteiger partial charge < -0.3 is 10.4 Å². The third-order valence-electron chi connectivity index (χ3n) is 4.94. The second-order valence-corrected chi connectivity index (χ2v) is 7.06. The lowest BCUT2D eigenvalue weighted by Crippen LogP contribution is -2.38. The molecule has 0 aliphatic carbocycles. The molecule has 4 rings (SSSR count). The van der Waals surface area contributed by atoms with Gasteiger partial charge in [-0.15, -0.1) is 24.8 Å². The van der Waals surface area contributed by atoms with Crippen LogP contribution in [-0.2, 0) is 0 Å². The predicted octanol–water partition coefficient (Wildman–Crippen LogP) is 5.57. The number of fused-ring (bicyclic) bond motifs is 1. The van der Waals surface area contributed by atoms with E-state index in [1.807, 2.05) is 54.6 Å². The number of pyridine rings is 1. The molecule has 0 radical (unpaired) electrons. The number of nitrogens with one attached hydrogen (secondary N) is 1. The molecule has 2 aromatic carbocycles. The van der Waals surface area contributed by atoms with Crippen molar-refractivity contribution in [3.05, 3.63) is 65.2 Å². The van der Waals surface area contributed by atoms with E-state index < -0.39 is 6.10 Å². The fraction of sp³-hybridized carbons (Fsp3) is 0.286. The molecule has 2 heterocycles. The summed E-state index contributed by atoms with van der Waals surface area (Å²) in [6.45, 7) is 0.967. The summed E-state index contributed by atoms with van der Waals surface area (Å²) in [5.41, 5.74) is 3.70. The summed E-state index contributed by atoms with van der Waals surface area (Å²) in [6, 6.07) is 17.8. The first-order chi connectivity index (χ1) is 12.2. The Kier molecular flexibility index (Phi) is 7.90. The van der Waals surface area contributed by atoms with Crippen molar-refractivity contribution < 1.29 is 5.11 Å². The number of rotatable bonds is 3. The maximum atomic E-state index is 11.0. The number of aliphatic hydroxyl groups is 1. The van der Waals surface area contributed by atoms with Gasteiger partial charge in [0.15, 0.2) is 0 Å². The second kappa shape index (κ2) is 9.72. The van der Waals surface area contributed by atoms with E-state index in [9.17, 15) is 5.11 Å². The van der Waals surface area contributed by atoms with E-state index >= 15 is 0 Å². The summed E-state index contributed by atoms with van der Waals surface area (Å²) in [7, 11) is 0. The van der Waals surface area contributed by atoms with Crippen LogP contribution in [0.3, 0.4) is 0 Å². The SMILES string of the molecule is Cl.Cl.O[C@H](c1cc(-c2ccc(Cl)cc2)nc2ccccc12)[C@@H]1CCCCN1. The Balaban J connectivity index is 0.00000131. The molecular weight excluding hydrogens is 403 g/mol. The molecule has 1 saturated heterocycles. The van der Waals surface area contributed by atoms with Crippen LogP contribution in [0.5, 0.6) is 0 Å². The molecule has 1 aliphatic rings. The fourth-order valence-electron chi connectivity index (χ4n) is 3.58. The Labute approximate surface area is 177 Å². The Morgan fingerprint density at radius 2 is 1.78 bits per heavy atom. The molecule has 0 bridgehead atoms. The lowest BCUT2D eigenvalue weighted by atomic mass is 9.92. The molecule has 6 heteroatoms. The van der Waals surface area contributed by atoms with Crippen molar-refractivity contribution in [3.8, 4) is 11.3 Å². The van der Waals surface area contributed by atoms with Crippen molar-refractivity contribution in [2.75, 3.05) is 6.54 Å². The molecule has 0 saturated carbocycles. The summed E-state index contributed by atoms with van der Waals surface area (Å²) >= 11 is 6.01. The number of hydrogen-bond acceptors (Lipinski definition) is 3. The van der Waals surface area contributed by atoms with E-state index in [0.717, 1.165) is 47.1 Å². The third-order valence-corrected chi connectivity index (χ3v) is 5.19. The number of benzene rings is 2. The van der Waals surface area contributed by atoms with Gasteiger partial charge in [0.05, 0.1) is 17.3 Å². The quantitative estimate of drug-likeness (QED) is 0.576. The van der Waals surface area contributed by atoms with E-state index in [-0.39, 0.29) is 30.9 Å². The van der Waals surface area contributed by atoms with Gasteiger partial charge >= 0.3 is 0 Å². The first-order valence-corrected chi connectivity index (χ1v) is 9.17. The maximum absolute atomic E-state index is 11.0. The third kappa shape index (κ3) is 4.74. The normalized spacial score (nSPS) is 17.6. The largest absolute Gasteiger partial charge is 0.387 e. The molecule has 1 aromatic heterocycles. The van der Waals surface area contributed by atoms with Gasteiger partial charge in [0, 0.05) is 22.0 Å². The Morgan fingerprint density at radius 3 is 2.48 bits per heavy atom. The Hall–Kier alpha value is -1.36. The summed E-state index contributed by atoms with van der Waals surface area (Å²) in [5, 5.41) is 16.2. The zero-order chi connectivity index (χ0) is 17.2. The molecule has 2 atom stereocenters. The minimum atomic E-state index is -0.542. The van der Waals surface area contributed by atoms with Crippen molar-refractivity contribution in [2.24, 2.45) is 0 Å². The Bertz CT molecular complexity index is 880. The van der Waals surface area contributed by atoms with Gasteiger partial charge in [-0.05, 0) is 49.2 Å². The standard InChI is InChI=1S/C21H21ClN2O.2ClH/c22-15-10-8-14(9-11-15)20-13-17(16-5-1-2-6-18(16)24-20)21(25)19-7-3-4-12-23-19;;/h1-2,5-6,8-11,13,19,21,23,25H,3-4,7,12H2;2*1H/t19-,21+;;/m0../s1. The van der Waals surface area contributed by atoms with Crippen molar-refractivity contribution in [1.82, 2.24) is 10.3 Å². The number of halogens is 3. The number of hydrogen-bond donors (Lipinski definition) is 2. The van der Waals surface area contributed by atoms with Gasteiger partial charge in [0.2, 0.25) is 0 Å². The molecule has 0 unspecified atom stereocenters. The van der Waals surface area contributed by atoms with E-state index in [1.165, 1.54) is 6.42 Å². The van der Waals surface area contributed by atoms with E-state index in [0.29, 0.717) is 5.02 Å². The molecule has 144 valence electrons. The van der Waals surface area contributed by atoms with Gasteiger partial charge in [0.25, 0.3) is 0 Å². The van der Waals surface area contributed by atoms with Crippen LogP contribution in [0.1, 0.15) is 30.9 Å². The van der Waals surface area contributed by atoms with Crippen LogP contribution in [0.2, 0.25) is 5.02 Å². The van der Waals surface area contributed by atoms with Crippen LogP contribution in [0.25, 0.3) is 22.2 Å².